The van der Waals surface area contributed by atoms with Gasteiger partial charge in [-0.05, 0) is 24.6 Å². The Balaban J connectivity index is 2.16. The van der Waals surface area contributed by atoms with E-state index in [0.717, 1.165) is 0 Å². The van der Waals surface area contributed by atoms with Crippen molar-refractivity contribution in [1.82, 2.24) is 4.72 Å². The van der Waals surface area contributed by atoms with Crippen molar-refractivity contribution in [3.8, 4) is 0 Å². The molecule has 0 spiro atoms. The average molecular weight is 318 g/mol. The van der Waals surface area contributed by atoms with Gasteiger partial charge in [-0.25, -0.2) is 17.5 Å². The van der Waals surface area contributed by atoms with Gasteiger partial charge in [0, 0.05) is 18.7 Å². The fourth-order valence-corrected chi connectivity index (χ4v) is 3.41. The van der Waals surface area contributed by atoms with Gasteiger partial charge in [0.15, 0.2) is 0 Å². The van der Waals surface area contributed by atoms with E-state index in [1.165, 1.54) is 19.1 Å². The van der Waals surface area contributed by atoms with Gasteiger partial charge < -0.3 is 15.2 Å². The van der Waals surface area contributed by atoms with E-state index >= 15 is 0 Å². The Hall–Kier alpha value is -1.06. The van der Waals surface area contributed by atoms with Crippen LogP contribution in [0.25, 0.3) is 0 Å². The zero-order valence-electron chi connectivity index (χ0n) is 11.8. The number of nitrogens with one attached hydrogen (secondary N) is 1. The molecule has 2 rings (SSSR count). The molecule has 0 amide bonds. The molecule has 1 unspecified atom stereocenters. The maximum atomic E-state index is 13.8. The molecule has 1 aromatic carbocycles. The molecule has 1 heterocycles. The second-order valence-electron chi connectivity index (χ2n) is 4.82. The number of hydrogen-bond donors (Lipinski definition) is 2. The van der Waals surface area contributed by atoms with Crippen LogP contribution in [0.5, 0.6) is 0 Å². The van der Waals surface area contributed by atoms with Crippen molar-refractivity contribution < 1.29 is 22.3 Å². The molecule has 8 heteroatoms. The first-order chi connectivity index (χ1) is 9.94. The van der Waals surface area contributed by atoms with Crippen LogP contribution < -0.4 is 10.5 Å². The molecule has 0 aliphatic carbocycles. The summed E-state index contributed by atoms with van der Waals surface area (Å²) in [6.45, 7) is 2.84. The fourth-order valence-electron chi connectivity index (χ4n) is 2.04. The molecule has 1 atom stereocenters. The molecule has 0 aromatic heterocycles. The largest absolute Gasteiger partial charge is 0.376 e. The number of nitrogens with two attached hydrogens (primary N) is 1. The molecule has 1 aromatic rings. The molecular formula is C13H19FN2O4S. The summed E-state index contributed by atoms with van der Waals surface area (Å²) in [4.78, 5) is -0.0975. The third-order valence-electron chi connectivity index (χ3n) is 3.27. The van der Waals surface area contributed by atoms with Crippen LogP contribution >= 0.6 is 0 Å². The van der Waals surface area contributed by atoms with Gasteiger partial charge in [-0.15, -0.1) is 0 Å². The predicted octanol–water partition coefficient (Wildman–Crippen LogP) is 0.287. The van der Waals surface area contributed by atoms with E-state index < -0.39 is 15.8 Å². The van der Waals surface area contributed by atoms with Crippen LogP contribution in [0, 0.1) is 12.7 Å². The lowest BCUT2D eigenvalue weighted by molar-refractivity contribution is -0.0846. The number of ether oxygens (including phenoxy) is 2. The lowest BCUT2D eigenvalue weighted by Gasteiger charge is -2.23. The maximum Gasteiger partial charge on any atom is 0.241 e. The number of hydrogen-bond acceptors (Lipinski definition) is 5. The first kappa shape index (κ1) is 16.3. The first-order valence-corrected chi connectivity index (χ1v) is 8.10. The molecule has 1 saturated heterocycles. The zero-order valence-corrected chi connectivity index (χ0v) is 12.6. The Bertz CT molecular complexity index is 600. The third kappa shape index (κ3) is 3.98. The Morgan fingerprint density at radius 1 is 1.43 bits per heavy atom. The minimum atomic E-state index is -3.83. The SMILES string of the molecule is Cc1c(F)cc(CN)cc1S(=O)(=O)NCC1COCCO1. The van der Waals surface area contributed by atoms with Gasteiger partial charge in [0.05, 0.1) is 30.8 Å². The third-order valence-corrected chi connectivity index (χ3v) is 4.82. The van der Waals surface area contributed by atoms with Crippen molar-refractivity contribution in [2.24, 2.45) is 5.73 Å². The highest BCUT2D eigenvalue weighted by atomic mass is 32.2. The number of benzene rings is 1. The lowest BCUT2D eigenvalue weighted by atomic mass is 10.1. The second kappa shape index (κ2) is 6.80. The summed E-state index contributed by atoms with van der Waals surface area (Å²) in [5, 5.41) is 0. The van der Waals surface area contributed by atoms with Crippen molar-refractivity contribution in [2.75, 3.05) is 26.4 Å². The number of rotatable bonds is 5. The van der Waals surface area contributed by atoms with E-state index in [1.807, 2.05) is 0 Å². The maximum absolute atomic E-state index is 13.8. The summed E-state index contributed by atoms with van der Waals surface area (Å²) >= 11 is 0. The molecule has 21 heavy (non-hydrogen) atoms. The molecule has 0 radical (unpaired) electrons. The summed E-state index contributed by atoms with van der Waals surface area (Å²) in [5.41, 5.74) is 5.95. The average Bonchev–Trinajstić information content (AvgIpc) is 2.48. The van der Waals surface area contributed by atoms with Gasteiger partial charge in [0.1, 0.15) is 5.82 Å². The van der Waals surface area contributed by atoms with Gasteiger partial charge in [-0.2, -0.15) is 0 Å². The molecular weight excluding hydrogens is 299 g/mol. The Labute approximate surface area is 123 Å². The molecule has 1 aliphatic rings. The van der Waals surface area contributed by atoms with Gasteiger partial charge in [-0.1, -0.05) is 0 Å². The topological polar surface area (TPSA) is 90.7 Å². The fraction of sp³-hybridized carbons (Fsp3) is 0.538. The molecule has 3 N–H and O–H groups in total. The Morgan fingerprint density at radius 3 is 2.81 bits per heavy atom. The summed E-state index contributed by atoms with van der Waals surface area (Å²) in [5.74, 6) is -0.587. The molecule has 6 nitrogen and oxygen atoms in total. The monoisotopic (exact) mass is 318 g/mol. The van der Waals surface area contributed by atoms with E-state index in [4.69, 9.17) is 15.2 Å². The summed E-state index contributed by atoms with van der Waals surface area (Å²) in [6.07, 6.45) is -0.337. The number of halogens is 1. The van der Waals surface area contributed by atoms with E-state index in [0.29, 0.717) is 25.4 Å². The summed E-state index contributed by atoms with van der Waals surface area (Å²) in [6, 6.07) is 2.63. The lowest BCUT2D eigenvalue weighted by Crippen LogP contribution is -2.39. The molecule has 118 valence electrons. The smallest absolute Gasteiger partial charge is 0.241 e. The van der Waals surface area contributed by atoms with Gasteiger partial charge in [0.2, 0.25) is 10.0 Å². The van der Waals surface area contributed by atoms with Crippen LogP contribution in [-0.2, 0) is 26.0 Å². The molecule has 1 aliphatic heterocycles. The Morgan fingerprint density at radius 2 is 2.19 bits per heavy atom. The van der Waals surface area contributed by atoms with Crippen LogP contribution in [0.2, 0.25) is 0 Å². The summed E-state index contributed by atoms with van der Waals surface area (Å²) < 4.78 is 51.3. The molecule has 1 fully saturated rings. The van der Waals surface area contributed by atoms with Crippen molar-refractivity contribution in [1.29, 1.82) is 0 Å². The quantitative estimate of drug-likeness (QED) is 0.814. The van der Waals surface area contributed by atoms with Crippen LogP contribution in [0.4, 0.5) is 4.39 Å². The highest BCUT2D eigenvalue weighted by Gasteiger charge is 2.22. The van der Waals surface area contributed by atoms with Crippen molar-refractivity contribution in [3.05, 3.63) is 29.1 Å². The highest BCUT2D eigenvalue weighted by molar-refractivity contribution is 7.89. The second-order valence-corrected chi connectivity index (χ2v) is 6.56. The normalized spacial score (nSPS) is 19.7. The molecule has 0 bridgehead atoms. The van der Waals surface area contributed by atoms with Crippen molar-refractivity contribution >= 4 is 10.0 Å². The Kier molecular flexibility index (Phi) is 5.28. The van der Waals surface area contributed by atoms with Crippen LogP contribution in [-0.4, -0.2) is 40.9 Å². The van der Waals surface area contributed by atoms with E-state index in [-0.39, 0.29) is 29.7 Å². The van der Waals surface area contributed by atoms with E-state index in [9.17, 15) is 12.8 Å². The van der Waals surface area contributed by atoms with Crippen LogP contribution in [0.15, 0.2) is 17.0 Å². The van der Waals surface area contributed by atoms with Crippen molar-refractivity contribution in [3.63, 3.8) is 0 Å². The van der Waals surface area contributed by atoms with Gasteiger partial charge in [0.25, 0.3) is 0 Å². The summed E-state index contributed by atoms with van der Waals surface area (Å²) in [7, 11) is -3.83. The van der Waals surface area contributed by atoms with Crippen LogP contribution in [0.3, 0.4) is 0 Å². The predicted molar refractivity (Wildman–Crippen MR) is 74.8 cm³/mol. The van der Waals surface area contributed by atoms with Gasteiger partial charge in [-0.3, -0.25) is 0 Å². The highest BCUT2D eigenvalue weighted by Crippen LogP contribution is 2.20. The zero-order chi connectivity index (χ0) is 15.5. The minimum Gasteiger partial charge on any atom is -0.376 e. The van der Waals surface area contributed by atoms with E-state index in [2.05, 4.69) is 4.72 Å². The first-order valence-electron chi connectivity index (χ1n) is 6.62. The van der Waals surface area contributed by atoms with Gasteiger partial charge >= 0.3 is 0 Å². The minimum absolute atomic E-state index is 0.0687. The van der Waals surface area contributed by atoms with E-state index in [1.54, 1.807) is 0 Å². The number of sulfonamides is 1. The molecule has 0 saturated carbocycles. The standard InChI is InChI=1S/C13H19FN2O4S/c1-9-12(14)4-10(6-15)5-13(9)21(17,18)16-7-11-8-19-2-3-20-11/h4-5,11,16H,2-3,6-8,15H2,1H3. The van der Waals surface area contributed by atoms with Crippen LogP contribution in [0.1, 0.15) is 11.1 Å². The van der Waals surface area contributed by atoms with Crippen molar-refractivity contribution in [2.45, 2.75) is 24.5 Å².